The lowest BCUT2D eigenvalue weighted by atomic mass is 10.1. The third-order valence-electron chi connectivity index (χ3n) is 1.64. The highest BCUT2D eigenvalue weighted by Crippen LogP contribution is 2.21. The summed E-state index contributed by atoms with van der Waals surface area (Å²) in [6.07, 6.45) is 0. The van der Waals surface area contributed by atoms with E-state index in [2.05, 4.69) is 6.07 Å². The van der Waals surface area contributed by atoms with Crippen molar-refractivity contribution in [3.63, 3.8) is 0 Å². The van der Waals surface area contributed by atoms with Gasteiger partial charge in [0.2, 0.25) is 0 Å². The van der Waals surface area contributed by atoms with E-state index in [1.165, 1.54) is 0 Å². The summed E-state index contributed by atoms with van der Waals surface area (Å²) >= 11 is 0. The van der Waals surface area contributed by atoms with E-state index >= 15 is 0 Å². The summed E-state index contributed by atoms with van der Waals surface area (Å²) < 4.78 is 10.2. The summed E-state index contributed by atoms with van der Waals surface area (Å²) in [6, 6.07) is 6.83. The van der Waals surface area contributed by atoms with Crippen LogP contribution in [0.1, 0.15) is 11.1 Å². The van der Waals surface area contributed by atoms with Crippen LogP contribution in [0.5, 0.6) is 5.75 Å². The molecule has 1 aromatic carbocycles. The van der Waals surface area contributed by atoms with Crippen LogP contribution in [0.4, 0.5) is 0 Å². The Labute approximate surface area is 73.1 Å². The molecule has 0 atom stereocenters. The predicted molar refractivity (Wildman–Crippen MR) is 47.3 cm³/mol. The first-order valence-electron chi connectivity index (χ1n) is 3.84. The van der Waals surface area contributed by atoms with Gasteiger partial charge in [0.05, 0.1) is 0 Å². The number of ether oxygens (including phenoxy) is 2. The van der Waals surface area contributed by atoms with Gasteiger partial charge >= 0.3 is 0 Å². The van der Waals surface area contributed by atoms with Crippen LogP contribution in [0.3, 0.4) is 0 Å². The minimum absolute atomic E-state index is 0.297. The molecule has 2 nitrogen and oxygen atoms in total. The molecular formula is C10H13O2. The summed E-state index contributed by atoms with van der Waals surface area (Å²) in [5.74, 6) is 0.899. The number of hydrogen-bond acceptors (Lipinski definition) is 2. The van der Waals surface area contributed by atoms with Gasteiger partial charge in [0.25, 0.3) is 0 Å². The molecule has 65 valence electrons. The zero-order valence-electron chi connectivity index (χ0n) is 7.68. The van der Waals surface area contributed by atoms with Crippen molar-refractivity contribution in [1.82, 2.24) is 0 Å². The van der Waals surface area contributed by atoms with Crippen molar-refractivity contribution in [2.24, 2.45) is 0 Å². The van der Waals surface area contributed by atoms with E-state index in [-0.39, 0.29) is 0 Å². The minimum atomic E-state index is 0.297. The molecule has 0 saturated carbocycles. The highest BCUT2D eigenvalue weighted by molar-refractivity contribution is 5.39. The van der Waals surface area contributed by atoms with Crippen LogP contribution in [0, 0.1) is 19.9 Å². The molecule has 0 fully saturated rings. The molecule has 1 rings (SSSR count). The van der Waals surface area contributed by atoms with E-state index in [4.69, 9.17) is 9.47 Å². The summed E-state index contributed by atoms with van der Waals surface area (Å²) in [6.45, 7) is 4.29. The van der Waals surface area contributed by atoms with Crippen LogP contribution in [0.15, 0.2) is 12.1 Å². The van der Waals surface area contributed by atoms with Crippen LogP contribution in [-0.2, 0) is 4.74 Å². The maximum atomic E-state index is 5.37. The second-order valence-corrected chi connectivity index (χ2v) is 2.70. The average Bonchev–Trinajstić information content (AvgIpc) is 2.04. The van der Waals surface area contributed by atoms with Crippen molar-refractivity contribution >= 4 is 0 Å². The Morgan fingerprint density at radius 1 is 1.25 bits per heavy atom. The average molecular weight is 165 g/mol. The Kier molecular flexibility index (Phi) is 3.11. The SMILES string of the molecule is COCOc1c(C)c[c]cc1C. The van der Waals surface area contributed by atoms with Crippen LogP contribution in [0.2, 0.25) is 0 Å². The second-order valence-electron chi connectivity index (χ2n) is 2.70. The van der Waals surface area contributed by atoms with Crippen LogP contribution in [-0.4, -0.2) is 13.9 Å². The molecule has 1 aromatic rings. The molecule has 0 saturated heterocycles. The first-order valence-corrected chi connectivity index (χ1v) is 3.84. The van der Waals surface area contributed by atoms with Gasteiger partial charge in [-0.3, -0.25) is 0 Å². The number of rotatable bonds is 3. The Morgan fingerprint density at radius 2 is 1.83 bits per heavy atom. The fourth-order valence-corrected chi connectivity index (χ4v) is 1.08. The van der Waals surface area contributed by atoms with E-state index in [1.54, 1.807) is 7.11 Å². The van der Waals surface area contributed by atoms with Crippen molar-refractivity contribution < 1.29 is 9.47 Å². The number of aryl methyl sites for hydroxylation is 2. The molecule has 0 spiro atoms. The third kappa shape index (κ3) is 1.98. The number of benzene rings is 1. The highest BCUT2D eigenvalue weighted by Gasteiger charge is 2.01. The predicted octanol–water partition coefficient (Wildman–Crippen LogP) is 2.09. The molecule has 0 N–H and O–H groups in total. The molecule has 0 bridgehead atoms. The summed E-state index contributed by atoms with van der Waals surface area (Å²) in [4.78, 5) is 0. The molecule has 0 heterocycles. The van der Waals surface area contributed by atoms with Crippen molar-refractivity contribution in [3.05, 3.63) is 29.3 Å². The lowest BCUT2D eigenvalue weighted by Gasteiger charge is -2.09. The van der Waals surface area contributed by atoms with Gasteiger partial charge in [-0.05, 0) is 43.2 Å². The maximum absolute atomic E-state index is 5.37. The maximum Gasteiger partial charge on any atom is 0.188 e. The molecule has 2 heteroatoms. The van der Waals surface area contributed by atoms with Crippen LogP contribution >= 0.6 is 0 Å². The van der Waals surface area contributed by atoms with E-state index in [0.29, 0.717) is 6.79 Å². The van der Waals surface area contributed by atoms with Crippen molar-refractivity contribution in [2.75, 3.05) is 13.9 Å². The Hall–Kier alpha value is -1.02. The molecule has 0 aliphatic rings. The molecule has 12 heavy (non-hydrogen) atoms. The molecule has 0 aliphatic carbocycles. The first kappa shape index (κ1) is 9.07. The molecule has 0 unspecified atom stereocenters. The van der Waals surface area contributed by atoms with E-state index in [1.807, 2.05) is 26.0 Å². The van der Waals surface area contributed by atoms with Gasteiger partial charge in [-0.2, -0.15) is 0 Å². The van der Waals surface area contributed by atoms with Gasteiger partial charge in [0.15, 0.2) is 6.79 Å². The molecule has 0 amide bonds. The van der Waals surface area contributed by atoms with Gasteiger partial charge in [-0.25, -0.2) is 0 Å². The smallest absolute Gasteiger partial charge is 0.188 e. The molecule has 1 radical (unpaired) electrons. The quantitative estimate of drug-likeness (QED) is 0.638. The molecular weight excluding hydrogens is 152 g/mol. The van der Waals surface area contributed by atoms with Crippen molar-refractivity contribution in [1.29, 1.82) is 0 Å². The Balaban J connectivity index is 2.81. The summed E-state index contributed by atoms with van der Waals surface area (Å²) in [5, 5.41) is 0. The van der Waals surface area contributed by atoms with Gasteiger partial charge in [0.1, 0.15) is 5.75 Å². The summed E-state index contributed by atoms with van der Waals surface area (Å²) in [5.41, 5.74) is 2.18. The molecule has 0 aliphatic heterocycles. The van der Waals surface area contributed by atoms with Gasteiger partial charge in [0, 0.05) is 7.11 Å². The number of hydrogen-bond donors (Lipinski definition) is 0. The first-order chi connectivity index (χ1) is 5.75. The zero-order valence-corrected chi connectivity index (χ0v) is 7.68. The highest BCUT2D eigenvalue weighted by atomic mass is 16.7. The lowest BCUT2D eigenvalue weighted by Crippen LogP contribution is -2.01. The van der Waals surface area contributed by atoms with Crippen LogP contribution in [0.25, 0.3) is 0 Å². The normalized spacial score (nSPS) is 9.92. The largest absolute Gasteiger partial charge is 0.467 e. The standard InChI is InChI=1S/C10H13O2/c1-8-5-4-6-9(2)10(8)12-7-11-3/h5-6H,7H2,1-3H3. The van der Waals surface area contributed by atoms with Crippen molar-refractivity contribution in [2.45, 2.75) is 13.8 Å². The van der Waals surface area contributed by atoms with Gasteiger partial charge in [-0.15, -0.1) is 0 Å². The second kappa shape index (κ2) is 4.12. The monoisotopic (exact) mass is 165 g/mol. The zero-order chi connectivity index (χ0) is 8.97. The fraction of sp³-hybridized carbons (Fsp3) is 0.400. The van der Waals surface area contributed by atoms with Crippen LogP contribution < -0.4 is 4.74 Å². The topological polar surface area (TPSA) is 18.5 Å². The van der Waals surface area contributed by atoms with E-state index in [9.17, 15) is 0 Å². The molecule has 0 aromatic heterocycles. The minimum Gasteiger partial charge on any atom is -0.467 e. The Bertz CT molecular complexity index is 236. The third-order valence-corrected chi connectivity index (χ3v) is 1.64. The number of methoxy groups -OCH3 is 1. The van der Waals surface area contributed by atoms with Crippen molar-refractivity contribution in [3.8, 4) is 5.75 Å². The van der Waals surface area contributed by atoms with Gasteiger partial charge in [-0.1, -0.05) is 0 Å². The van der Waals surface area contributed by atoms with Gasteiger partial charge < -0.3 is 9.47 Å². The lowest BCUT2D eigenvalue weighted by molar-refractivity contribution is 0.0501. The Morgan fingerprint density at radius 3 is 2.33 bits per heavy atom. The van der Waals surface area contributed by atoms with E-state index in [0.717, 1.165) is 16.9 Å². The fourth-order valence-electron chi connectivity index (χ4n) is 1.08. The van der Waals surface area contributed by atoms with E-state index < -0.39 is 0 Å². The summed E-state index contributed by atoms with van der Waals surface area (Å²) in [7, 11) is 1.61.